The highest BCUT2D eigenvalue weighted by molar-refractivity contribution is 7.10. The molecular formula is C24H23N2O6P. The minimum absolute atomic E-state index is 0.143. The third kappa shape index (κ3) is 3.40. The van der Waals surface area contributed by atoms with Crippen molar-refractivity contribution >= 4 is 32.3 Å². The van der Waals surface area contributed by atoms with E-state index in [1.807, 2.05) is 25.1 Å². The number of cyclic esters (lactones) is 1. The van der Waals surface area contributed by atoms with Crippen LogP contribution in [0.4, 0.5) is 0 Å². The molecule has 2 aromatic heterocycles. The fourth-order valence-electron chi connectivity index (χ4n) is 4.66. The van der Waals surface area contributed by atoms with Gasteiger partial charge in [-0.2, -0.15) is 0 Å². The maximum atomic E-state index is 13.4. The topological polar surface area (TPSA) is 96.7 Å². The molecule has 0 saturated heterocycles. The number of esters is 2. The van der Waals surface area contributed by atoms with Crippen LogP contribution in [-0.4, -0.2) is 21.5 Å². The van der Waals surface area contributed by atoms with E-state index >= 15 is 0 Å². The summed E-state index contributed by atoms with van der Waals surface area (Å²) in [5.41, 5.74) is 4.63. The van der Waals surface area contributed by atoms with Gasteiger partial charge in [0.15, 0.2) is 0 Å². The molecule has 0 bridgehead atoms. The van der Waals surface area contributed by atoms with Gasteiger partial charge in [0, 0.05) is 22.9 Å². The number of aromatic nitrogens is 2. The fraction of sp³-hybridized carbons (Fsp3) is 0.333. The van der Waals surface area contributed by atoms with Crippen LogP contribution in [0.25, 0.3) is 22.3 Å². The minimum Gasteiger partial charge on any atom is -0.480 e. The van der Waals surface area contributed by atoms with Crippen LogP contribution >= 0.6 is 9.47 Å². The van der Waals surface area contributed by atoms with E-state index in [9.17, 15) is 14.4 Å². The van der Waals surface area contributed by atoms with E-state index in [0.29, 0.717) is 41.2 Å². The van der Waals surface area contributed by atoms with E-state index in [2.05, 4.69) is 16.4 Å². The zero-order valence-electron chi connectivity index (χ0n) is 18.3. The van der Waals surface area contributed by atoms with E-state index in [1.54, 1.807) is 10.6 Å². The number of carbonyl (C=O) groups is 2. The van der Waals surface area contributed by atoms with Gasteiger partial charge in [-0.25, -0.2) is 9.78 Å². The Morgan fingerprint density at radius 2 is 2.06 bits per heavy atom. The second-order valence-electron chi connectivity index (χ2n) is 8.15. The fourth-order valence-corrected chi connectivity index (χ4v) is 4.80. The molecule has 4 heterocycles. The maximum absolute atomic E-state index is 13.4. The van der Waals surface area contributed by atoms with Gasteiger partial charge in [0.2, 0.25) is 6.10 Å². The highest BCUT2D eigenvalue weighted by Crippen LogP contribution is 2.39. The van der Waals surface area contributed by atoms with Crippen LogP contribution in [0.15, 0.2) is 29.1 Å². The van der Waals surface area contributed by atoms with E-state index in [-0.39, 0.29) is 18.6 Å². The van der Waals surface area contributed by atoms with Crippen molar-refractivity contribution in [3.8, 4) is 17.1 Å². The molecule has 170 valence electrons. The molecule has 3 aromatic rings. The van der Waals surface area contributed by atoms with Crippen LogP contribution in [0.3, 0.4) is 0 Å². The Balaban J connectivity index is 1.70. The molecule has 0 radical (unpaired) electrons. The standard InChI is InChI=1S/C24H23N2O6P/c1-3-5-20(27)31-22-15-9-19-21-16(10-26(19)23(28)17(15)11-30-24(22)29)13(4-2)14-8-12(32-33)6-7-18(14)25-21/h6-9,22H,3-5,10-11,33H2,1-2H3. The molecular weight excluding hydrogens is 443 g/mol. The molecule has 9 heteroatoms. The van der Waals surface area contributed by atoms with Gasteiger partial charge < -0.3 is 18.6 Å². The van der Waals surface area contributed by atoms with Crippen LogP contribution in [0, 0.1) is 0 Å². The molecule has 2 aliphatic rings. The summed E-state index contributed by atoms with van der Waals surface area (Å²) in [6, 6.07) is 7.43. The second kappa shape index (κ2) is 8.27. The molecule has 0 N–H and O–H groups in total. The average molecular weight is 466 g/mol. The molecule has 2 unspecified atom stereocenters. The zero-order chi connectivity index (χ0) is 23.3. The van der Waals surface area contributed by atoms with Crippen molar-refractivity contribution in [1.29, 1.82) is 0 Å². The molecule has 0 spiro atoms. The minimum atomic E-state index is -1.25. The van der Waals surface area contributed by atoms with Crippen molar-refractivity contribution in [2.24, 2.45) is 0 Å². The summed E-state index contributed by atoms with van der Waals surface area (Å²) >= 11 is 0. The normalized spacial score (nSPS) is 16.1. The summed E-state index contributed by atoms with van der Waals surface area (Å²) in [7, 11) is 2.24. The van der Waals surface area contributed by atoms with E-state index < -0.39 is 18.0 Å². The second-order valence-corrected chi connectivity index (χ2v) is 8.39. The van der Waals surface area contributed by atoms with Gasteiger partial charge in [-0.15, -0.1) is 0 Å². The molecule has 1 aromatic carbocycles. The third-order valence-electron chi connectivity index (χ3n) is 6.22. The molecule has 5 rings (SSSR count). The predicted molar refractivity (Wildman–Crippen MR) is 124 cm³/mol. The SMILES string of the molecule is CCCC(=O)OC1C(=O)OCc2c1cc1n(c2=O)Cc2c-1nc1ccc(OP)cc1c2CC. The van der Waals surface area contributed by atoms with Gasteiger partial charge in [0.05, 0.1) is 38.5 Å². The van der Waals surface area contributed by atoms with Gasteiger partial charge in [-0.05, 0) is 42.7 Å². The molecule has 8 nitrogen and oxygen atoms in total. The Morgan fingerprint density at radius 3 is 2.79 bits per heavy atom. The first-order chi connectivity index (χ1) is 16.0. The Hall–Kier alpha value is -3.25. The molecule has 0 amide bonds. The van der Waals surface area contributed by atoms with Crippen molar-refractivity contribution in [2.75, 3.05) is 0 Å². The van der Waals surface area contributed by atoms with Crippen LogP contribution in [0.2, 0.25) is 0 Å². The summed E-state index contributed by atoms with van der Waals surface area (Å²) in [6.45, 7) is 4.15. The van der Waals surface area contributed by atoms with Crippen LogP contribution in [-0.2, 0) is 38.6 Å². The quantitative estimate of drug-likeness (QED) is 0.328. The number of pyridine rings is 2. The van der Waals surface area contributed by atoms with Gasteiger partial charge >= 0.3 is 11.9 Å². The van der Waals surface area contributed by atoms with E-state index in [4.69, 9.17) is 19.0 Å². The van der Waals surface area contributed by atoms with Crippen molar-refractivity contribution < 1.29 is 23.6 Å². The molecule has 0 aliphatic carbocycles. The largest absolute Gasteiger partial charge is 0.480 e. The summed E-state index contributed by atoms with van der Waals surface area (Å²) in [6.07, 6.45) is 0.279. The Labute approximate surface area is 192 Å². The van der Waals surface area contributed by atoms with Crippen molar-refractivity contribution in [3.63, 3.8) is 0 Å². The third-order valence-corrected chi connectivity index (χ3v) is 6.49. The number of benzene rings is 1. The van der Waals surface area contributed by atoms with Gasteiger partial charge in [0.1, 0.15) is 12.4 Å². The number of aryl methyl sites for hydroxylation is 1. The lowest BCUT2D eigenvalue weighted by Gasteiger charge is -2.25. The predicted octanol–water partition coefficient (Wildman–Crippen LogP) is 3.60. The molecule has 33 heavy (non-hydrogen) atoms. The number of fused-ring (bicyclic) bond motifs is 5. The van der Waals surface area contributed by atoms with Crippen LogP contribution in [0.1, 0.15) is 55.0 Å². The van der Waals surface area contributed by atoms with Gasteiger partial charge in [-0.1, -0.05) is 13.8 Å². The number of hydrogen-bond donors (Lipinski definition) is 0. The number of nitrogens with zero attached hydrogens (tertiary/aromatic N) is 2. The first kappa shape index (κ1) is 21.6. The van der Waals surface area contributed by atoms with Gasteiger partial charge in [-0.3, -0.25) is 9.59 Å². The number of ether oxygens (including phenoxy) is 2. The maximum Gasteiger partial charge on any atom is 0.352 e. The summed E-state index contributed by atoms with van der Waals surface area (Å²) in [4.78, 5) is 42.9. The number of rotatable bonds is 5. The van der Waals surface area contributed by atoms with Crippen LogP contribution in [0.5, 0.6) is 5.75 Å². The average Bonchev–Trinajstić information content (AvgIpc) is 3.18. The Morgan fingerprint density at radius 1 is 1.24 bits per heavy atom. The lowest BCUT2D eigenvalue weighted by molar-refractivity contribution is -0.171. The van der Waals surface area contributed by atoms with E-state index in [1.165, 1.54) is 0 Å². The lowest BCUT2D eigenvalue weighted by atomic mass is 9.97. The monoisotopic (exact) mass is 466 g/mol. The molecule has 0 saturated carbocycles. The molecule has 2 aliphatic heterocycles. The summed E-state index contributed by atoms with van der Waals surface area (Å²) in [5, 5.41) is 0.978. The highest BCUT2D eigenvalue weighted by atomic mass is 31.0. The first-order valence-electron chi connectivity index (χ1n) is 10.9. The molecule has 2 atom stereocenters. The first-order valence-corrected chi connectivity index (χ1v) is 11.4. The summed E-state index contributed by atoms with van der Waals surface area (Å²) < 4.78 is 17.6. The number of carbonyl (C=O) groups excluding carboxylic acids is 2. The highest BCUT2D eigenvalue weighted by Gasteiger charge is 2.37. The smallest absolute Gasteiger partial charge is 0.352 e. The summed E-state index contributed by atoms with van der Waals surface area (Å²) in [5.74, 6) is -0.461. The lowest BCUT2D eigenvalue weighted by Crippen LogP contribution is -2.34. The van der Waals surface area contributed by atoms with Crippen molar-refractivity contribution in [1.82, 2.24) is 9.55 Å². The van der Waals surface area contributed by atoms with Crippen molar-refractivity contribution in [2.45, 2.75) is 52.4 Å². The molecule has 0 fully saturated rings. The van der Waals surface area contributed by atoms with Crippen molar-refractivity contribution in [3.05, 3.63) is 56.9 Å². The number of hydrogen-bond acceptors (Lipinski definition) is 7. The Bertz CT molecular complexity index is 1380. The zero-order valence-corrected chi connectivity index (χ0v) is 19.5. The van der Waals surface area contributed by atoms with Crippen LogP contribution < -0.4 is 10.1 Å². The Kier molecular flexibility index (Phi) is 5.41. The van der Waals surface area contributed by atoms with Gasteiger partial charge in [0.25, 0.3) is 5.56 Å². The van der Waals surface area contributed by atoms with E-state index in [0.717, 1.165) is 28.5 Å².